The van der Waals surface area contributed by atoms with Gasteiger partial charge in [0.2, 0.25) is 0 Å². The van der Waals surface area contributed by atoms with Gasteiger partial charge in [0.05, 0.1) is 17.8 Å². The third kappa shape index (κ3) is 1.32. The van der Waals surface area contributed by atoms with Crippen molar-refractivity contribution in [1.82, 2.24) is 9.55 Å². The second kappa shape index (κ2) is 2.87. The maximum absolute atomic E-state index is 10.6. The third-order valence-electron chi connectivity index (χ3n) is 2.45. The number of fused-ring (bicyclic) bond motifs is 1. The van der Waals surface area contributed by atoms with Crippen LogP contribution in [0.2, 0.25) is 0 Å². The average Bonchev–Trinajstić information content (AvgIpc) is 2.55. The molecule has 0 spiro atoms. The first-order valence-corrected chi connectivity index (χ1v) is 4.45. The fourth-order valence-corrected chi connectivity index (χ4v) is 1.89. The maximum atomic E-state index is 10.6. The second-order valence-corrected chi connectivity index (χ2v) is 3.39. The standard InChI is InChI=1S/C9H12N2O2/c1-6-7(5-9(12)13)11-4-2-3-8(11)10-6/h2-5H2,1H3,(H,12,13). The molecule has 0 unspecified atom stereocenters. The Bertz CT molecular complexity index is 355. The van der Waals surface area contributed by atoms with Crippen LogP contribution in [0.5, 0.6) is 0 Å². The summed E-state index contributed by atoms with van der Waals surface area (Å²) in [4.78, 5) is 14.9. The number of aromatic nitrogens is 2. The normalized spacial score (nSPS) is 14.5. The Morgan fingerprint density at radius 1 is 1.69 bits per heavy atom. The summed E-state index contributed by atoms with van der Waals surface area (Å²) in [5.41, 5.74) is 1.75. The highest BCUT2D eigenvalue weighted by Crippen LogP contribution is 2.19. The molecule has 70 valence electrons. The number of hydrogen-bond donors (Lipinski definition) is 1. The van der Waals surface area contributed by atoms with Gasteiger partial charge < -0.3 is 9.67 Å². The van der Waals surface area contributed by atoms with Gasteiger partial charge in [0, 0.05) is 13.0 Å². The number of aliphatic carboxylic acids is 1. The first-order valence-electron chi connectivity index (χ1n) is 4.45. The molecule has 0 saturated heterocycles. The van der Waals surface area contributed by atoms with Crippen LogP contribution in [0.3, 0.4) is 0 Å². The minimum absolute atomic E-state index is 0.0961. The Morgan fingerprint density at radius 2 is 2.46 bits per heavy atom. The Hall–Kier alpha value is -1.32. The van der Waals surface area contributed by atoms with E-state index in [0.717, 1.165) is 36.6 Å². The molecule has 0 aliphatic carbocycles. The number of imidazole rings is 1. The molecule has 1 aliphatic heterocycles. The lowest BCUT2D eigenvalue weighted by atomic mass is 10.2. The fourth-order valence-electron chi connectivity index (χ4n) is 1.89. The van der Waals surface area contributed by atoms with Crippen LogP contribution in [-0.2, 0) is 24.2 Å². The zero-order chi connectivity index (χ0) is 9.42. The summed E-state index contributed by atoms with van der Waals surface area (Å²) >= 11 is 0. The van der Waals surface area contributed by atoms with Crippen molar-refractivity contribution in [1.29, 1.82) is 0 Å². The lowest BCUT2D eigenvalue weighted by molar-refractivity contribution is -0.136. The zero-order valence-electron chi connectivity index (χ0n) is 7.58. The molecule has 0 radical (unpaired) electrons. The molecule has 1 N–H and O–H groups in total. The molecular formula is C9H12N2O2. The predicted octanol–water partition coefficient (Wildman–Crippen LogP) is 0.765. The number of carboxylic acid groups (broad SMARTS) is 1. The van der Waals surface area contributed by atoms with Crippen LogP contribution in [-0.4, -0.2) is 20.6 Å². The number of carboxylic acids is 1. The first kappa shape index (κ1) is 8.29. The summed E-state index contributed by atoms with van der Waals surface area (Å²) < 4.78 is 2.05. The highest BCUT2D eigenvalue weighted by atomic mass is 16.4. The van der Waals surface area contributed by atoms with Gasteiger partial charge in [-0.1, -0.05) is 0 Å². The van der Waals surface area contributed by atoms with Crippen molar-refractivity contribution in [3.05, 3.63) is 17.2 Å². The van der Waals surface area contributed by atoms with Gasteiger partial charge in [0.15, 0.2) is 0 Å². The van der Waals surface area contributed by atoms with E-state index in [-0.39, 0.29) is 6.42 Å². The van der Waals surface area contributed by atoms with Crippen LogP contribution < -0.4 is 0 Å². The third-order valence-corrected chi connectivity index (χ3v) is 2.45. The Kier molecular flexibility index (Phi) is 1.83. The highest BCUT2D eigenvalue weighted by Gasteiger charge is 2.19. The van der Waals surface area contributed by atoms with Crippen LogP contribution in [0.25, 0.3) is 0 Å². The van der Waals surface area contributed by atoms with E-state index in [9.17, 15) is 4.79 Å². The van der Waals surface area contributed by atoms with Gasteiger partial charge in [-0.15, -0.1) is 0 Å². The van der Waals surface area contributed by atoms with E-state index in [1.165, 1.54) is 0 Å². The van der Waals surface area contributed by atoms with E-state index in [2.05, 4.69) is 4.98 Å². The Labute approximate surface area is 76.2 Å². The lowest BCUT2D eigenvalue weighted by Crippen LogP contribution is -2.07. The molecule has 1 aliphatic rings. The SMILES string of the molecule is Cc1nc2n(c1CC(=O)O)CCC2. The van der Waals surface area contributed by atoms with Crippen molar-refractivity contribution in [3.8, 4) is 0 Å². The number of hydrogen-bond acceptors (Lipinski definition) is 2. The molecule has 0 saturated carbocycles. The molecule has 4 nitrogen and oxygen atoms in total. The fraction of sp³-hybridized carbons (Fsp3) is 0.556. The number of nitrogens with zero attached hydrogens (tertiary/aromatic N) is 2. The highest BCUT2D eigenvalue weighted by molar-refractivity contribution is 5.70. The van der Waals surface area contributed by atoms with E-state index in [4.69, 9.17) is 5.11 Å². The summed E-state index contributed by atoms with van der Waals surface area (Å²) in [6, 6.07) is 0. The molecular weight excluding hydrogens is 168 g/mol. The monoisotopic (exact) mass is 180 g/mol. The van der Waals surface area contributed by atoms with Gasteiger partial charge in [0.25, 0.3) is 0 Å². The number of rotatable bonds is 2. The topological polar surface area (TPSA) is 55.1 Å². The van der Waals surface area contributed by atoms with Gasteiger partial charge in [0.1, 0.15) is 5.82 Å². The quantitative estimate of drug-likeness (QED) is 0.731. The summed E-state index contributed by atoms with van der Waals surface area (Å²) in [5, 5.41) is 8.70. The van der Waals surface area contributed by atoms with Crippen molar-refractivity contribution in [3.63, 3.8) is 0 Å². The molecule has 1 aromatic rings. The molecule has 0 fully saturated rings. The first-order chi connectivity index (χ1) is 6.18. The predicted molar refractivity (Wildman–Crippen MR) is 46.6 cm³/mol. The molecule has 1 aromatic heterocycles. The van der Waals surface area contributed by atoms with Crippen molar-refractivity contribution in [2.75, 3.05) is 0 Å². The Balaban J connectivity index is 2.38. The van der Waals surface area contributed by atoms with Crippen LogP contribution in [0, 0.1) is 6.92 Å². The largest absolute Gasteiger partial charge is 0.481 e. The molecule has 0 aromatic carbocycles. The molecule has 0 atom stereocenters. The lowest BCUT2D eigenvalue weighted by Gasteiger charge is -2.02. The molecule has 13 heavy (non-hydrogen) atoms. The molecule has 2 rings (SSSR count). The summed E-state index contributed by atoms with van der Waals surface area (Å²) in [7, 11) is 0. The Morgan fingerprint density at radius 3 is 3.15 bits per heavy atom. The van der Waals surface area contributed by atoms with E-state index in [1.807, 2.05) is 11.5 Å². The second-order valence-electron chi connectivity index (χ2n) is 3.39. The minimum Gasteiger partial charge on any atom is -0.481 e. The van der Waals surface area contributed by atoms with Gasteiger partial charge >= 0.3 is 5.97 Å². The zero-order valence-corrected chi connectivity index (χ0v) is 7.58. The summed E-state index contributed by atoms with van der Waals surface area (Å²) in [5.74, 6) is 0.270. The van der Waals surface area contributed by atoms with E-state index in [0.29, 0.717) is 0 Å². The van der Waals surface area contributed by atoms with Gasteiger partial charge in [-0.2, -0.15) is 0 Å². The van der Waals surface area contributed by atoms with Crippen molar-refractivity contribution in [2.24, 2.45) is 0 Å². The molecule has 0 bridgehead atoms. The van der Waals surface area contributed by atoms with Gasteiger partial charge in [-0.25, -0.2) is 4.98 Å². The molecule has 2 heterocycles. The molecule has 4 heteroatoms. The van der Waals surface area contributed by atoms with E-state index < -0.39 is 5.97 Å². The van der Waals surface area contributed by atoms with E-state index in [1.54, 1.807) is 0 Å². The van der Waals surface area contributed by atoms with Crippen molar-refractivity contribution >= 4 is 5.97 Å². The van der Waals surface area contributed by atoms with Crippen LogP contribution in [0.1, 0.15) is 23.6 Å². The van der Waals surface area contributed by atoms with Crippen LogP contribution in [0.15, 0.2) is 0 Å². The smallest absolute Gasteiger partial charge is 0.309 e. The summed E-state index contributed by atoms with van der Waals surface area (Å²) in [6.45, 7) is 2.81. The van der Waals surface area contributed by atoms with Crippen molar-refractivity contribution in [2.45, 2.75) is 32.7 Å². The van der Waals surface area contributed by atoms with E-state index >= 15 is 0 Å². The summed E-state index contributed by atoms with van der Waals surface area (Å²) in [6.07, 6.45) is 2.18. The molecule has 0 amide bonds. The minimum atomic E-state index is -0.780. The van der Waals surface area contributed by atoms with Gasteiger partial charge in [-0.05, 0) is 13.3 Å². The number of aryl methyl sites for hydroxylation is 2. The number of carbonyl (C=O) groups is 1. The van der Waals surface area contributed by atoms with Gasteiger partial charge in [-0.3, -0.25) is 4.79 Å². The van der Waals surface area contributed by atoms with Crippen LogP contribution >= 0.6 is 0 Å². The maximum Gasteiger partial charge on any atom is 0.309 e. The van der Waals surface area contributed by atoms with Crippen LogP contribution in [0.4, 0.5) is 0 Å². The van der Waals surface area contributed by atoms with Crippen molar-refractivity contribution < 1.29 is 9.90 Å². The average molecular weight is 180 g/mol.